The average Bonchev–Trinajstić information content (AvgIpc) is 2.77. The lowest BCUT2D eigenvalue weighted by Gasteiger charge is -2.26. The molecule has 9 heteroatoms. The molecule has 1 aromatic heterocycles. The second kappa shape index (κ2) is 10.6. The van der Waals surface area contributed by atoms with Crippen LogP contribution in [0.25, 0.3) is 0 Å². The van der Waals surface area contributed by atoms with E-state index >= 15 is 0 Å². The summed E-state index contributed by atoms with van der Waals surface area (Å²) in [4.78, 5) is 43.1. The molecule has 7 nitrogen and oxygen atoms in total. The number of rotatable bonds is 8. The number of carbonyl (C=O) groups is 1. The van der Waals surface area contributed by atoms with Gasteiger partial charge in [-0.3, -0.25) is 19.1 Å². The number of anilines is 2. The molecule has 0 radical (unpaired) electrons. The first-order chi connectivity index (χ1) is 15.3. The van der Waals surface area contributed by atoms with Crippen LogP contribution in [-0.4, -0.2) is 27.3 Å². The van der Waals surface area contributed by atoms with E-state index in [1.165, 1.54) is 21.2 Å². The van der Waals surface area contributed by atoms with Crippen molar-refractivity contribution >= 4 is 40.8 Å². The maximum Gasteiger partial charge on any atom is 0.330 e. The van der Waals surface area contributed by atoms with Gasteiger partial charge in [0.15, 0.2) is 5.69 Å². The summed E-state index contributed by atoms with van der Waals surface area (Å²) in [5.74, 6) is -0.304. The van der Waals surface area contributed by atoms with Crippen LogP contribution in [0.2, 0.25) is 5.02 Å². The van der Waals surface area contributed by atoms with Crippen molar-refractivity contribution in [2.24, 2.45) is 0 Å². The van der Waals surface area contributed by atoms with Crippen LogP contribution >= 0.6 is 23.4 Å². The number of nitrogens with zero attached hydrogens (tertiary/aromatic N) is 2. The molecule has 0 saturated carbocycles. The lowest BCUT2D eigenvalue weighted by atomic mass is 10.2. The number of nitrogen functional groups attached to an aromatic ring is 1. The van der Waals surface area contributed by atoms with E-state index < -0.39 is 16.5 Å². The number of thioether (sulfide) groups is 1. The van der Waals surface area contributed by atoms with Crippen LogP contribution in [0.3, 0.4) is 0 Å². The van der Waals surface area contributed by atoms with Crippen LogP contribution in [0.4, 0.5) is 11.5 Å². The molecule has 1 atom stereocenters. The standard InChI is InChI=1S/C23H25ClN4O3S/c1-3-13-27(22(30)15(2)32-18-11-9-17(24)10-12-18)19-20(25)28(23(31)26-21(19)29)14-16-7-5-4-6-8-16/h4-12,15H,3,13-14,25H2,1-2H3,(H,26,29,31). The van der Waals surface area contributed by atoms with Gasteiger partial charge >= 0.3 is 5.69 Å². The van der Waals surface area contributed by atoms with Crippen molar-refractivity contribution in [3.63, 3.8) is 0 Å². The molecule has 1 amide bonds. The molecule has 168 valence electrons. The first kappa shape index (κ1) is 23.7. The molecular weight excluding hydrogens is 448 g/mol. The van der Waals surface area contributed by atoms with Gasteiger partial charge in [0, 0.05) is 16.5 Å². The number of hydrogen-bond acceptors (Lipinski definition) is 5. The summed E-state index contributed by atoms with van der Waals surface area (Å²) in [6, 6.07) is 16.5. The fourth-order valence-electron chi connectivity index (χ4n) is 3.30. The van der Waals surface area contributed by atoms with Crippen molar-refractivity contribution in [2.75, 3.05) is 17.2 Å². The van der Waals surface area contributed by atoms with Gasteiger partial charge in [-0.25, -0.2) is 4.79 Å². The number of hydrogen-bond donors (Lipinski definition) is 2. The Morgan fingerprint density at radius 2 is 1.81 bits per heavy atom. The molecular formula is C23H25ClN4O3S. The lowest BCUT2D eigenvalue weighted by molar-refractivity contribution is -0.117. The van der Waals surface area contributed by atoms with Gasteiger partial charge in [-0.05, 0) is 43.2 Å². The van der Waals surface area contributed by atoms with E-state index in [1.54, 1.807) is 19.1 Å². The van der Waals surface area contributed by atoms with Gasteiger partial charge in [0.1, 0.15) is 5.82 Å². The summed E-state index contributed by atoms with van der Waals surface area (Å²) >= 11 is 7.30. The highest BCUT2D eigenvalue weighted by Crippen LogP contribution is 2.28. The number of aromatic nitrogens is 2. The van der Waals surface area contributed by atoms with Crippen LogP contribution in [0.5, 0.6) is 0 Å². The van der Waals surface area contributed by atoms with E-state index in [4.69, 9.17) is 17.3 Å². The van der Waals surface area contributed by atoms with Gasteiger partial charge in [0.2, 0.25) is 5.91 Å². The molecule has 0 fully saturated rings. The van der Waals surface area contributed by atoms with E-state index in [9.17, 15) is 14.4 Å². The molecule has 2 aromatic carbocycles. The molecule has 3 aromatic rings. The highest BCUT2D eigenvalue weighted by molar-refractivity contribution is 8.00. The quantitative estimate of drug-likeness (QED) is 0.486. The highest BCUT2D eigenvalue weighted by atomic mass is 35.5. The molecule has 32 heavy (non-hydrogen) atoms. The normalized spacial score (nSPS) is 11.8. The van der Waals surface area contributed by atoms with Crippen molar-refractivity contribution in [1.82, 2.24) is 9.55 Å². The number of carbonyl (C=O) groups excluding carboxylic acids is 1. The maximum absolute atomic E-state index is 13.3. The van der Waals surface area contributed by atoms with Crippen molar-refractivity contribution in [3.05, 3.63) is 86.0 Å². The zero-order chi connectivity index (χ0) is 23.3. The Balaban J connectivity index is 1.96. The molecule has 1 heterocycles. The fraction of sp³-hybridized carbons (Fsp3) is 0.261. The summed E-state index contributed by atoms with van der Waals surface area (Å²) in [6.45, 7) is 4.15. The third-order valence-corrected chi connectivity index (χ3v) is 6.21. The van der Waals surface area contributed by atoms with Crippen LogP contribution in [0.1, 0.15) is 25.8 Å². The number of amides is 1. The van der Waals surface area contributed by atoms with Crippen molar-refractivity contribution in [3.8, 4) is 0 Å². The van der Waals surface area contributed by atoms with Crippen molar-refractivity contribution < 1.29 is 4.79 Å². The molecule has 0 aliphatic heterocycles. The van der Waals surface area contributed by atoms with Crippen LogP contribution in [0, 0.1) is 0 Å². The zero-order valence-electron chi connectivity index (χ0n) is 17.9. The van der Waals surface area contributed by atoms with Gasteiger partial charge in [-0.2, -0.15) is 0 Å². The van der Waals surface area contributed by atoms with Crippen LogP contribution in [0.15, 0.2) is 69.1 Å². The molecule has 0 spiro atoms. The van der Waals surface area contributed by atoms with Crippen LogP contribution in [-0.2, 0) is 11.3 Å². The Labute approximate surface area is 195 Å². The second-order valence-corrected chi connectivity index (χ2v) is 9.12. The number of nitrogens with two attached hydrogens (primary N) is 1. The summed E-state index contributed by atoms with van der Waals surface area (Å²) < 4.78 is 1.28. The molecule has 3 N–H and O–H groups in total. The third kappa shape index (κ3) is 5.44. The maximum atomic E-state index is 13.3. The second-order valence-electron chi connectivity index (χ2n) is 7.27. The van der Waals surface area contributed by atoms with E-state index in [0.29, 0.717) is 18.0 Å². The summed E-state index contributed by atoms with van der Waals surface area (Å²) in [7, 11) is 0. The third-order valence-electron chi connectivity index (χ3n) is 4.86. The average molecular weight is 473 g/mol. The number of halogens is 1. The Hall–Kier alpha value is -2.97. The summed E-state index contributed by atoms with van der Waals surface area (Å²) in [6.07, 6.45) is 0.612. The Morgan fingerprint density at radius 3 is 2.44 bits per heavy atom. The minimum atomic E-state index is -0.678. The number of nitrogens with one attached hydrogen (secondary N) is 1. The number of benzene rings is 2. The predicted molar refractivity (Wildman–Crippen MR) is 131 cm³/mol. The molecule has 0 bridgehead atoms. The Kier molecular flexibility index (Phi) is 7.82. The molecule has 3 rings (SSSR count). The van der Waals surface area contributed by atoms with Crippen LogP contribution < -0.4 is 21.9 Å². The monoisotopic (exact) mass is 472 g/mol. The molecule has 0 aliphatic rings. The Morgan fingerprint density at radius 1 is 1.16 bits per heavy atom. The largest absolute Gasteiger partial charge is 0.383 e. The predicted octanol–water partition coefficient (Wildman–Crippen LogP) is 3.74. The van der Waals surface area contributed by atoms with Crippen molar-refractivity contribution in [1.29, 1.82) is 0 Å². The molecule has 0 aliphatic carbocycles. The smallest absolute Gasteiger partial charge is 0.330 e. The van der Waals surface area contributed by atoms with E-state index in [2.05, 4.69) is 4.98 Å². The minimum absolute atomic E-state index is 0.00376. The van der Waals surface area contributed by atoms with E-state index in [-0.39, 0.29) is 24.0 Å². The SMILES string of the molecule is CCCN(C(=O)C(C)Sc1ccc(Cl)cc1)c1c(N)n(Cc2ccccc2)c(=O)[nH]c1=O. The number of H-pyrrole nitrogens is 1. The first-order valence-corrected chi connectivity index (χ1v) is 11.5. The summed E-state index contributed by atoms with van der Waals surface area (Å²) in [5.41, 5.74) is 5.85. The van der Waals surface area contributed by atoms with Crippen molar-refractivity contribution in [2.45, 2.75) is 37.0 Å². The van der Waals surface area contributed by atoms with E-state index in [1.807, 2.05) is 49.4 Å². The van der Waals surface area contributed by atoms with Gasteiger partial charge < -0.3 is 10.6 Å². The highest BCUT2D eigenvalue weighted by Gasteiger charge is 2.27. The van der Waals surface area contributed by atoms with Gasteiger partial charge in [0.05, 0.1) is 11.8 Å². The minimum Gasteiger partial charge on any atom is -0.383 e. The molecule has 0 saturated heterocycles. The first-order valence-electron chi connectivity index (χ1n) is 10.2. The number of aromatic amines is 1. The zero-order valence-corrected chi connectivity index (χ0v) is 19.4. The fourth-order valence-corrected chi connectivity index (χ4v) is 4.36. The lowest BCUT2D eigenvalue weighted by Crippen LogP contribution is -2.44. The summed E-state index contributed by atoms with van der Waals surface area (Å²) in [5, 5.41) is 0.122. The van der Waals surface area contributed by atoms with Gasteiger partial charge in [0.25, 0.3) is 5.56 Å². The van der Waals surface area contributed by atoms with Gasteiger partial charge in [-0.1, -0.05) is 48.9 Å². The van der Waals surface area contributed by atoms with E-state index in [0.717, 1.165) is 10.5 Å². The Bertz CT molecular complexity index is 1190. The topological polar surface area (TPSA) is 101 Å². The van der Waals surface area contributed by atoms with Gasteiger partial charge in [-0.15, -0.1) is 11.8 Å². The molecule has 1 unspecified atom stereocenters.